The van der Waals surface area contributed by atoms with E-state index in [1.54, 1.807) is 0 Å². The van der Waals surface area contributed by atoms with Crippen molar-refractivity contribution in [1.29, 1.82) is 0 Å². The molecule has 9 heteroatoms. The Kier molecular flexibility index (Phi) is 6.31. The van der Waals surface area contributed by atoms with Gasteiger partial charge in [0.15, 0.2) is 9.84 Å². The molecule has 0 aliphatic carbocycles. The highest BCUT2D eigenvalue weighted by atomic mass is 35.5. The van der Waals surface area contributed by atoms with E-state index < -0.39 is 26.6 Å². The maximum Gasteiger partial charge on any atom is 0.440 e. The summed E-state index contributed by atoms with van der Waals surface area (Å²) in [5, 5.41) is 0. The van der Waals surface area contributed by atoms with Crippen molar-refractivity contribution in [2.45, 2.75) is 18.6 Å². The second-order valence-corrected chi connectivity index (χ2v) is 7.14. The number of halogens is 1. The summed E-state index contributed by atoms with van der Waals surface area (Å²) in [6.45, 7) is 2.98. The van der Waals surface area contributed by atoms with Crippen LogP contribution in [0.25, 0.3) is 0 Å². The van der Waals surface area contributed by atoms with Crippen LogP contribution in [0, 0.1) is 0 Å². The first kappa shape index (κ1) is 17.7. The second kappa shape index (κ2) is 6.76. The number of carbonyl (C=O) groups excluding carboxylic acids is 2. The second-order valence-electron chi connectivity index (χ2n) is 4.28. The number of alkyl halides is 1. The molecule has 2 amide bonds. The van der Waals surface area contributed by atoms with E-state index in [1.165, 1.54) is 27.0 Å². The van der Waals surface area contributed by atoms with Gasteiger partial charge in [-0.05, 0) is 19.9 Å². The lowest BCUT2D eigenvalue weighted by Gasteiger charge is -2.17. The molecule has 1 N–H and O–H groups in total. The maximum atomic E-state index is 11.4. The van der Waals surface area contributed by atoms with Crippen LogP contribution in [-0.2, 0) is 19.5 Å². The number of hydrogen-bond acceptors (Lipinski definition) is 6. The van der Waals surface area contributed by atoms with Crippen molar-refractivity contribution < 1.29 is 22.8 Å². The van der Waals surface area contributed by atoms with E-state index >= 15 is 0 Å². The van der Waals surface area contributed by atoms with Gasteiger partial charge in [-0.1, -0.05) is 0 Å². The lowest BCUT2D eigenvalue weighted by molar-refractivity contribution is -0.126. The van der Waals surface area contributed by atoms with Crippen LogP contribution in [0.5, 0.6) is 0 Å². The van der Waals surface area contributed by atoms with Crippen LogP contribution in [0.15, 0.2) is 12.3 Å². The molecule has 0 rings (SSSR count). The minimum atomic E-state index is -3.29. The lowest BCUT2D eigenvalue weighted by Crippen LogP contribution is -2.36. The maximum absolute atomic E-state index is 11.4. The third-order valence-electron chi connectivity index (χ3n) is 2.42. The average Bonchev–Trinajstić information content (AvgIpc) is 2.30. The standard InChI is InChI=1S/C10H17ClN2O5S/c1-10(2,19(4,16)17)5-6-12-18-9(15)13(3)8(14)7-11/h5-6,12H,7H2,1-4H3. The van der Waals surface area contributed by atoms with Crippen LogP contribution < -0.4 is 5.48 Å². The first-order valence-corrected chi connectivity index (χ1v) is 7.61. The van der Waals surface area contributed by atoms with E-state index in [-0.39, 0.29) is 5.88 Å². The molecule has 0 aromatic carbocycles. The molecule has 0 heterocycles. The topological polar surface area (TPSA) is 92.8 Å². The molecule has 110 valence electrons. The Morgan fingerprint density at radius 3 is 2.37 bits per heavy atom. The summed E-state index contributed by atoms with van der Waals surface area (Å²) in [5.74, 6) is -0.961. The van der Waals surface area contributed by atoms with Gasteiger partial charge in [0.2, 0.25) is 5.91 Å². The van der Waals surface area contributed by atoms with Crippen LogP contribution >= 0.6 is 11.6 Å². The molecule has 0 aliphatic heterocycles. The van der Waals surface area contributed by atoms with Gasteiger partial charge in [-0.15, -0.1) is 11.6 Å². The van der Waals surface area contributed by atoms with Gasteiger partial charge in [0.1, 0.15) is 5.88 Å². The van der Waals surface area contributed by atoms with Gasteiger partial charge < -0.3 is 4.84 Å². The molecule has 0 atom stereocenters. The first-order valence-electron chi connectivity index (χ1n) is 5.19. The van der Waals surface area contributed by atoms with Crippen molar-refractivity contribution in [3.05, 3.63) is 12.3 Å². The minimum absolute atomic E-state index is 0.345. The minimum Gasteiger partial charge on any atom is -0.324 e. The summed E-state index contributed by atoms with van der Waals surface area (Å²) >= 11 is 5.26. The quantitative estimate of drug-likeness (QED) is 0.592. The van der Waals surface area contributed by atoms with Crippen LogP contribution in [0.4, 0.5) is 4.79 Å². The van der Waals surface area contributed by atoms with Gasteiger partial charge in [0, 0.05) is 19.5 Å². The molecular formula is C10H17ClN2O5S. The Labute approximate surface area is 117 Å². The third-order valence-corrected chi connectivity index (χ3v) is 4.69. The van der Waals surface area contributed by atoms with Crippen LogP contribution in [0.2, 0.25) is 0 Å². The molecule has 0 bridgehead atoms. The average molecular weight is 313 g/mol. The van der Waals surface area contributed by atoms with Crippen molar-refractivity contribution in [3.8, 4) is 0 Å². The number of imide groups is 1. The number of sulfone groups is 1. The van der Waals surface area contributed by atoms with Gasteiger partial charge in [-0.2, -0.15) is 0 Å². The fourth-order valence-corrected chi connectivity index (χ4v) is 1.20. The number of nitrogens with zero attached hydrogens (tertiary/aromatic N) is 1. The van der Waals surface area contributed by atoms with E-state index in [4.69, 9.17) is 11.6 Å². The highest BCUT2D eigenvalue weighted by molar-refractivity contribution is 7.92. The summed E-state index contributed by atoms with van der Waals surface area (Å²) in [6, 6.07) is 0. The van der Waals surface area contributed by atoms with E-state index in [1.807, 2.05) is 0 Å². The Hall–Kier alpha value is -1.28. The summed E-state index contributed by atoms with van der Waals surface area (Å²) < 4.78 is 21.6. The SMILES string of the molecule is CN(C(=O)CCl)C(=O)ONC=CC(C)(C)S(C)(=O)=O. The summed E-state index contributed by atoms with van der Waals surface area (Å²) in [7, 11) is -2.08. The van der Waals surface area contributed by atoms with Crippen LogP contribution in [-0.4, -0.2) is 49.2 Å². The van der Waals surface area contributed by atoms with Gasteiger partial charge in [0.25, 0.3) is 0 Å². The third kappa shape index (κ3) is 5.48. The molecule has 0 spiro atoms. The predicted molar refractivity (Wildman–Crippen MR) is 71.2 cm³/mol. The molecule has 19 heavy (non-hydrogen) atoms. The van der Waals surface area contributed by atoms with Gasteiger partial charge >= 0.3 is 6.09 Å². The molecule has 0 unspecified atom stereocenters. The first-order chi connectivity index (χ1) is 8.53. The number of hydrogen-bond donors (Lipinski definition) is 1. The molecule has 0 fully saturated rings. The monoisotopic (exact) mass is 312 g/mol. The number of nitrogens with one attached hydrogen (secondary N) is 1. The molecular weight excluding hydrogens is 296 g/mol. The van der Waals surface area contributed by atoms with E-state index in [0.717, 1.165) is 12.5 Å². The highest BCUT2D eigenvalue weighted by Gasteiger charge is 2.26. The number of carbonyl (C=O) groups is 2. The predicted octanol–water partition coefficient (Wildman–Crippen LogP) is 0.662. The summed E-state index contributed by atoms with van der Waals surface area (Å²) in [5.41, 5.74) is 2.14. The zero-order chi connectivity index (χ0) is 15.3. The summed E-state index contributed by atoms with van der Waals surface area (Å²) in [6.07, 6.45) is 2.63. The van der Waals surface area contributed by atoms with Crippen molar-refractivity contribution in [2.75, 3.05) is 19.2 Å². The van der Waals surface area contributed by atoms with Gasteiger partial charge in [-0.3, -0.25) is 4.79 Å². The Balaban J connectivity index is 4.40. The van der Waals surface area contributed by atoms with Gasteiger partial charge in [0.05, 0.1) is 4.75 Å². The smallest absolute Gasteiger partial charge is 0.324 e. The zero-order valence-corrected chi connectivity index (χ0v) is 12.7. The fourth-order valence-electron chi connectivity index (χ4n) is 0.703. The molecule has 0 aromatic rings. The molecule has 0 aromatic heterocycles. The molecule has 0 saturated heterocycles. The molecule has 0 radical (unpaired) electrons. The zero-order valence-electron chi connectivity index (χ0n) is 11.1. The van der Waals surface area contributed by atoms with Crippen molar-refractivity contribution >= 4 is 33.4 Å². The van der Waals surface area contributed by atoms with Crippen LogP contribution in [0.1, 0.15) is 13.8 Å². The highest BCUT2D eigenvalue weighted by Crippen LogP contribution is 2.15. The van der Waals surface area contributed by atoms with E-state index in [9.17, 15) is 18.0 Å². The largest absolute Gasteiger partial charge is 0.440 e. The molecule has 0 saturated carbocycles. The van der Waals surface area contributed by atoms with E-state index in [0.29, 0.717) is 4.90 Å². The fraction of sp³-hybridized carbons (Fsp3) is 0.600. The van der Waals surface area contributed by atoms with Crippen LogP contribution in [0.3, 0.4) is 0 Å². The number of amides is 2. The number of rotatable bonds is 5. The van der Waals surface area contributed by atoms with Crippen molar-refractivity contribution in [2.24, 2.45) is 0 Å². The van der Waals surface area contributed by atoms with Gasteiger partial charge in [-0.25, -0.2) is 23.6 Å². The lowest BCUT2D eigenvalue weighted by atomic mass is 10.2. The van der Waals surface area contributed by atoms with Crippen molar-refractivity contribution in [3.63, 3.8) is 0 Å². The Morgan fingerprint density at radius 1 is 1.42 bits per heavy atom. The van der Waals surface area contributed by atoms with E-state index in [2.05, 4.69) is 10.3 Å². The van der Waals surface area contributed by atoms with Crippen molar-refractivity contribution in [1.82, 2.24) is 10.4 Å². The Bertz CT molecular complexity index is 472. The molecule has 7 nitrogen and oxygen atoms in total. The summed E-state index contributed by atoms with van der Waals surface area (Å²) in [4.78, 5) is 27.5. The number of hydroxylamine groups is 1. The Morgan fingerprint density at radius 2 is 1.95 bits per heavy atom. The molecule has 0 aliphatic rings. The normalized spacial score (nSPS) is 12.3.